The van der Waals surface area contributed by atoms with Crippen LogP contribution in [0.3, 0.4) is 0 Å². The fraction of sp³-hybridized carbons (Fsp3) is 0.483. The molecule has 0 unspecified atom stereocenters. The van der Waals surface area contributed by atoms with Crippen LogP contribution in [0.15, 0.2) is 58.1 Å². The van der Waals surface area contributed by atoms with Crippen LogP contribution in [0.1, 0.15) is 58.5 Å². The number of carbonyl (C=O) groups is 1. The molecule has 2 aromatic carbocycles. The summed E-state index contributed by atoms with van der Waals surface area (Å²) in [6.07, 6.45) is 3.29. The lowest BCUT2D eigenvalue weighted by Gasteiger charge is -2.33. The van der Waals surface area contributed by atoms with Crippen molar-refractivity contribution in [2.75, 3.05) is 26.2 Å². The van der Waals surface area contributed by atoms with Gasteiger partial charge in [0.2, 0.25) is 0 Å². The Hall–Kier alpha value is -3.79. The Kier molecular flexibility index (Phi) is 7.65. The van der Waals surface area contributed by atoms with E-state index in [1.807, 2.05) is 78.4 Å². The van der Waals surface area contributed by atoms with E-state index in [9.17, 15) is 14.4 Å². The molecule has 0 radical (unpaired) electrons. The van der Waals surface area contributed by atoms with Crippen molar-refractivity contribution in [2.45, 2.75) is 64.1 Å². The molecule has 39 heavy (non-hydrogen) atoms. The van der Waals surface area contributed by atoms with Crippen LogP contribution < -0.4 is 16.7 Å². The van der Waals surface area contributed by atoms with Crippen LogP contribution >= 0.6 is 0 Å². The number of ether oxygens (including phenoxy) is 1. The SMILES string of the molecule is CC(C)(C)OC(=O)N1CCC(n2c(=O)[nH]c3ccccc32)CC1.O=c1[nH]c2ccccc2n1C1CCNCC1. The van der Waals surface area contributed by atoms with E-state index >= 15 is 0 Å². The smallest absolute Gasteiger partial charge is 0.410 e. The molecule has 6 rings (SSSR count). The summed E-state index contributed by atoms with van der Waals surface area (Å²) >= 11 is 0. The number of fused-ring (bicyclic) bond motifs is 2. The van der Waals surface area contributed by atoms with Gasteiger partial charge in [-0.2, -0.15) is 0 Å². The van der Waals surface area contributed by atoms with Gasteiger partial charge in [0, 0.05) is 25.2 Å². The van der Waals surface area contributed by atoms with Gasteiger partial charge in [-0.15, -0.1) is 0 Å². The number of rotatable bonds is 2. The first kappa shape index (κ1) is 26.8. The number of hydrogen-bond acceptors (Lipinski definition) is 5. The molecule has 0 bridgehead atoms. The molecule has 2 aromatic heterocycles. The number of nitrogens with one attached hydrogen (secondary N) is 3. The molecule has 4 heterocycles. The molecule has 0 aliphatic carbocycles. The number of para-hydroxylation sites is 4. The second kappa shape index (κ2) is 11.1. The molecule has 2 saturated heterocycles. The lowest BCUT2D eigenvalue weighted by Crippen LogP contribution is -2.43. The van der Waals surface area contributed by atoms with E-state index in [1.54, 1.807) is 4.90 Å². The van der Waals surface area contributed by atoms with Crippen LogP contribution in [0.2, 0.25) is 0 Å². The first-order valence-corrected chi connectivity index (χ1v) is 13.8. The van der Waals surface area contributed by atoms with E-state index in [-0.39, 0.29) is 23.5 Å². The highest BCUT2D eigenvalue weighted by atomic mass is 16.6. The molecule has 1 amide bonds. The van der Waals surface area contributed by atoms with E-state index < -0.39 is 5.60 Å². The lowest BCUT2D eigenvalue weighted by atomic mass is 10.0. The quantitative estimate of drug-likeness (QED) is 0.357. The topological polar surface area (TPSA) is 117 Å². The summed E-state index contributed by atoms with van der Waals surface area (Å²) in [5.74, 6) is 0. The van der Waals surface area contributed by atoms with Crippen molar-refractivity contribution in [3.8, 4) is 0 Å². The van der Waals surface area contributed by atoms with Crippen molar-refractivity contribution in [1.82, 2.24) is 29.3 Å². The van der Waals surface area contributed by atoms with Gasteiger partial charge in [0.15, 0.2) is 0 Å². The van der Waals surface area contributed by atoms with Gasteiger partial charge in [0.25, 0.3) is 0 Å². The van der Waals surface area contributed by atoms with Crippen molar-refractivity contribution in [1.29, 1.82) is 0 Å². The van der Waals surface area contributed by atoms with E-state index in [0.717, 1.165) is 60.8 Å². The number of carbonyl (C=O) groups excluding carboxylic acids is 1. The summed E-state index contributed by atoms with van der Waals surface area (Å²) in [4.78, 5) is 43.8. The van der Waals surface area contributed by atoms with Crippen molar-refractivity contribution in [3.63, 3.8) is 0 Å². The monoisotopic (exact) mass is 534 g/mol. The van der Waals surface area contributed by atoms with Gasteiger partial charge < -0.3 is 24.9 Å². The maximum atomic E-state index is 12.2. The summed E-state index contributed by atoms with van der Waals surface area (Å²) in [6, 6.07) is 16.0. The number of hydrogen-bond donors (Lipinski definition) is 3. The number of H-pyrrole nitrogens is 2. The van der Waals surface area contributed by atoms with Crippen LogP contribution in [-0.2, 0) is 4.74 Å². The Labute approximate surface area is 227 Å². The molecular weight excluding hydrogens is 496 g/mol. The summed E-state index contributed by atoms with van der Waals surface area (Å²) < 4.78 is 9.14. The third kappa shape index (κ3) is 5.95. The molecule has 10 nitrogen and oxygen atoms in total. The van der Waals surface area contributed by atoms with E-state index in [2.05, 4.69) is 15.3 Å². The van der Waals surface area contributed by atoms with Crippen molar-refractivity contribution in [3.05, 3.63) is 69.5 Å². The number of aromatic amines is 2. The number of imidazole rings is 2. The Balaban J connectivity index is 0.000000168. The highest BCUT2D eigenvalue weighted by Crippen LogP contribution is 2.26. The standard InChI is InChI=1S/C17H23N3O3.C12H15N3O/c1-17(2,3)23-16(22)19-10-8-12(9-11-19)20-14-7-5-4-6-13(14)18-15(20)21;16-12-14-10-3-1-2-4-11(10)15(12)9-5-7-13-8-6-9/h4-7,12H,8-11H2,1-3H3,(H,18,21);1-4,9,13H,5-8H2,(H,14,16). The number of nitrogens with zero attached hydrogens (tertiary/aromatic N) is 3. The summed E-state index contributed by atoms with van der Waals surface area (Å²) in [5.41, 5.74) is 3.20. The van der Waals surface area contributed by atoms with Crippen molar-refractivity contribution < 1.29 is 9.53 Å². The molecule has 4 aromatic rings. The maximum absolute atomic E-state index is 12.2. The zero-order valence-corrected chi connectivity index (χ0v) is 22.9. The van der Waals surface area contributed by atoms with Gasteiger partial charge in [-0.3, -0.25) is 9.13 Å². The first-order valence-electron chi connectivity index (χ1n) is 13.8. The molecule has 0 atom stereocenters. The minimum Gasteiger partial charge on any atom is -0.444 e. The largest absolute Gasteiger partial charge is 0.444 e. The van der Waals surface area contributed by atoms with Gasteiger partial charge in [0.1, 0.15) is 5.60 Å². The molecule has 0 spiro atoms. The molecular formula is C29H38N6O4. The van der Waals surface area contributed by atoms with Crippen LogP contribution in [0.4, 0.5) is 4.79 Å². The Morgan fingerprint density at radius 1 is 0.769 bits per heavy atom. The highest BCUT2D eigenvalue weighted by Gasteiger charge is 2.29. The first-order chi connectivity index (χ1) is 18.7. The van der Waals surface area contributed by atoms with E-state index in [1.165, 1.54) is 0 Å². The van der Waals surface area contributed by atoms with E-state index in [4.69, 9.17) is 4.74 Å². The molecule has 2 aliphatic heterocycles. The second-order valence-electron chi connectivity index (χ2n) is 11.3. The van der Waals surface area contributed by atoms with E-state index in [0.29, 0.717) is 19.1 Å². The third-order valence-corrected chi connectivity index (χ3v) is 7.40. The minimum absolute atomic E-state index is 0.0214. The predicted molar refractivity (Wildman–Crippen MR) is 152 cm³/mol. The molecule has 2 fully saturated rings. The van der Waals surface area contributed by atoms with Crippen molar-refractivity contribution in [2.24, 2.45) is 0 Å². The zero-order valence-electron chi connectivity index (χ0n) is 22.9. The lowest BCUT2D eigenvalue weighted by molar-refractivity contribution is 0.0189. The number of aromatic nitrogens is 4. The van der Waals surface area contributed by atoms with Gasteiger partial charge in [-0.1, -0.05) is 24.3 Å². The summed E-state index contributed by atoms with van der Waals surface area (Å²) in [5, 5.41) is 3.32. The van der Waals surface area contributed by atoms with Gasteiger partial charge in [-0.05, 0) is 83.8 Å². The normalized spacial score (nSPS) is 17.3. The molecule has 10 heteroatoms. The molecule has 2 aliphatic rings. The number of likely N-dealkylation sites (tertiary alicyclic amines) is 1. The predicted octanol–water partition coefficient (Wildman–Crippen LogP) is 4.16. The minimum atomic E-state index is -0.484. The Morgan fingerprint density at radius 2 is 1.23 bits per heavy atom. The fourth-order valence-electron chi connectivity index (χ4n) is 5.57. The molecule has 0 saturated carbocycles. The average Bonchev–Trinajstić information content (AvgIpc) is 3.43. The maximum Gasteiger partial charge on any atom is 0.410 e. The number of benzene rings is 2. The van der Waals surface area contributed by atoms with Gasteiger partial charge >= 0.3 is 17.5 Å². The zero-order chi connectivity index (χ0) is 27.6. The average molecular weight is 535 g/mol. The van der Waals surface area contributed by atoms with Crippen LogP contribution in [0.25, 0.3) is 22.1 Å². The highest BCUT2D eigenvalue weighted by molar-refractivity contribution is 5.75. The van der Waals surface area contributed by atoms with Crippen LogP contribution in [0.5, 0.6) is 0 Å². The summed E-state index contributed by atoms with van der Waals surface area (Å²) in [6.45, 7) is 8.79. The summed E-state index contributed by atoms with van der Waals surface area (Å²) in [7, 11) is 0. The third-order valence-electron chi connectivity index (χ3n) is 7.40. The number of piperidine rings is 2. The molecule has 3 N–H and O–H groups in total. The second-order valence-corrected chi connectivity index (χ2v) is 11.3. The van der Waals surface area contributed by atoms with Gasteiger partial charge in [0.05, 0.1) is 22.1 Å². The molecule has 208 valence electrons. The van der Waals surface area contributed by atoms with Crippen LogP contribution in [0, 0.1) is 0 Å². The Bertz CT molecular complexity index is 1540. The fourth-order valence-corrected chi connectivity index (χ4v) is 5.57. The number of amides is 1. The Morgan fingerprint density at radius 3 is 1.72 bits per heavy atom. The van der Waals surface area contributed by atoms with Crippen LogP contribution in [-0.4, -0.2) is 61.9 Å². The van der Waals surface area contributed by atoms with Crippen molar-refractivity contribution >= 4 is 28.2 Å². The van der Waals surface area contributed by atoms with Gasteiger partial charge in [-0.25, -0.2) is 14.4 Å².